The smallest absolute Gasteiger partial charge is 0.465 e. The summed E-state index contributed by atoms with van der Waals surface area (Å²) in [5.41, 5.74) is 5.18. The van der Waals surface area contributed by atoms with Gasteiger partial charge in [-0.15, -0.1) is 10.2 Å². The number of ether oxygens (including phenoxy) is 4. The average molecular weight is 583 g/mol. The first-order chi connectivity index (χ1) is 21.1. The van der Waals surface area contributed by atoms with Crippen molar-refractivity contribution in [3.05, 3.63) is 77.9 Å². The summed E-state index contributed by atoms with van der Waals surface area (Å²) >= 11 is 0. The second-order valence-corrected chi connectivity index (χ2v) is 10.0. The van der Waals surface area contributed by atoms with Gasteiger partial charge >= 0.3 is 12.1 Å². The molecule has 0 saturated heterocycles. The Morgan fingerprint density at radius 2 is 1.74 bits per heavy atom. The number of fused-ring (bicyclic) bond motifs is 1. The number of aromatic nitrogens is 6. The Morgan fingerprint density at radius 3 is 2.49 bits per heavy atom. The van der Waals surface area contributed by atoms with Crippen molar-refractivity contribution in [3.8, 4) is 28.5 Å². The quantitative estimate of drug-likeness (QED) is 0.165. The molecule has 1 aliphatic rings. The molecule has 1 N–H and O–H groups in total. The second-order valence-electron chi connectivity index (χ2n) is 10.0. The highest BCUT2D eigenvalue weighted by Crippen LogP contribution is 2.31. The first-order valence-corrected chi connectivity index (χ1v) is 14.2. The average Bonchev–Trinajstić information content (AvgIpc) is 3.81. The van der Waals surface area contributed by atoms with Crippen molar-refractivity contribution < 1.29 is 28.5 Å². The minimum Gasteiger partial charge on any atom is -0.465 e. The normalized spacial score (nSPS) is 13.2. The van der Waals surface area contributed by atoms with Crippen LogP contribution in [0.1, 0.15) is 48.5 Å². The number of H-pyrrole nitrogens is 1. The predicted octanol–water partition coefficient (Wildman–Crippen LogP) is 5.54. The first kappa shape index (κ1) is 27.9. The Bertz CT molecular complexity index is 1710. The maximum absolute atomic E-state index is 13.1. The van der Waals surface area contributed by atoms with Crippen molar-refractivity contribution in [2.45, 2.75) is 45.3 Å². The molecule has 12 nitrogen and oxygen atoms in total. The molecule has 0 radical (unpaired) electrons. The molecule has 43 heavy (non-hydrogen) atoms. The number of benzene rings is 3. The van der Waals surface area contributed by atoms with Gasteiger partial charge in [0.25, 0.3) is 6.01 Å². The van der Waals surface area contributed by atoms with E-state index < -0.39 is 18.9 Å². The van der Waals surface area contributed by atoms with Gasteiger partial charge in [-0.1, -0.05) is 54.6 Å². The highest BCUT2D eigenvalue weighted by Gasteiger charge is 2.23. The van der Waals surface area contributed by atoms with Crippen LogP contribution in [0.5, 0.6) is 6.01 Å². The van der Waals surface area contributed by atoms with Crippen LogP contribution in [0.15, 0.2) is 66.7 Å². The van der Waals surface area contributed by atoms with Crippen LogP contribution in [0.2, 0.25) is 0 Å². The summed E-state index contributed by atoms with van der Waals surface area (Å²) in [5, 5.41) is 14.4. The summed E-state index contributed by atoms with van der Waals surface area (Å²) in [7, 11) is 0. The van der Waals surface area contributed by atoms with Gasteiger partial charge < -0.3 is 18.9 Å². The first-order valence-electron chi connectivity index (χ1n) is 14.2. The fraction of sp³-hybridized carbons (Fsp3) is 0.290. The van der Waals surface area contributed by atoms with Gasteiger partial charge in [-0.25, -0.2) is 9.59 Å². The van der Waals surface area contributed by atoms with E-state index in [2.05, 4.69) is 25.6 Å². The van der Waals surface area contributed by atoms with E-state index in [1.165, 1.54) is 0 Å². The molecule has 6 rings (SSSR count). The number of para-hydroxylation sites is 1. The molecule has 3 aromatic carbocycles. The molecule has 5 aromatic rings. The van der Waals surface area contributed by atoms with Crippen molar-refractivity contribution in [2.75, 3.05) is 13.4 Å². The summed E-state index contributed by atoms with van der Waals surface area (Å²) < 4.78 is 23.2. The molecule has 0 bridgehead atoms. The van der Waals surface area contributed by atoms with Crippen molar-refractivity contribution in [2.24, 2.45) is 0 Å². The number of carbonyl (C=O) groups is 2. The number of carbonyl (C=O) groups excluding carboxylic acids is 2. The molecule has 2 heterocycles. The van der Waals surface area contributed by atoms with E-state index in [4.69, 9.17) is 18.9 Å². The van der Waals surface area contributed by atoms with Crippen LogP contribution in [-0.4, -0.2) is 61.8 Å². The Kier molecular flexibility index (Phi) is 8.25. The van der Waals surface area contributed by atoms with Crippen LogP contribution in [0.25, 0.3) is 33.5 Å². The van der Waals surface area contributed by atoms with E-state index in [1.54, 1.807) is 18.2 Å². The molecule has 12 heteroatoms. The number of nitrogens with one attached hydrogen (secondary N) is 1. The number of nitrogens with zero attached hydrogens (tertiary/aromatic N) is 5. The third-order valence-corrected chi connectivity index (χ3v) is 7.28. The second kappa shape index (κ2) is 12.7. The largest absolute Gasteiger partial charge is 0.511 e. The summed E-state index contributed by atoms with van der Waals surface area (Å²) in [6.45, 7) is 2.09. The van der Waals surface area contributed by atoms with Gasteiger partial charge in [0.2, 0.25) is 12.6 Å². The van der Waals surface area contributed by atoms with E-state index in [9.17, 15) is 9.59 Å². The topological polar surface area (TPSA) is 143 Å². The maximum Gasteiger partial charge on any atom is 0.511 e. The summed E-state index contributed by atoms with van der Waals surface area (Å²) in [6, 6.07) is 21.4. The van der Waals surface area contributed by atoms with Gasteiger partial charge in [0.1, 0.15) is 6.10 Å². The summed E-state index contributed by atoms with van der Waals surface area (Å²) in [5.74, 6) is -0.140. The van der Waals surface area contributed by atoms with E-state index in [0.29, 0.717) is 36.0 Å². The van der Waals surface area contributed by atoms with Gasteiger partial charge in [0.15, 0.2) is 0 Å². The number of rotatable bonds is 10. The van der Waals surface area contributed by atoms with Crippen molar-refractivity contribution in [1.82, 2.24) is 30.2 Å². The minimum atomic E-state index is -0.843. The lowest BCUT2D eigenvalue weighted by Gasteiger charge is -2.13. The van der Waals surface area contributed by atoms with E-state index in [-0.39, 0.29) is 11.7 Å². The van der Waals surface area contributed by atoms with Crippen LogP contribution in [0.3, 0.4) is 0 Å². The number of hydrogen-bond acceptors (Lipinski definition) is 10. The van der Waals surface area contributed by atoms with E-state index in [0.717, 1.165) is 47.9 Å². The number of aromatic amines is 1. The SMILES string of the molecule is CCOc1nc2cccc(C(=O)OCOC(=O)OC3CCCC3)c2n1Cc1ccc(-c2ccccc2-c2nn[nH]n2)cc1. The molecule has 0 unspecified atom stereocenters. The lowest BCUT2D eigenvalue weighted by molar-refractivity contribution is -0.0376. The molecule has 220 valence electrons. The van der Waals surface area contributed by atoms with E-state index >= 15 is 0 Å². The minimum absolute atomic E-state index is 0.141. The highest BCUT2D eigenvalue weighted by molar-refractivity contribution is 6.02. The molecule has 0 atom stereocenters. The Balaban J connectivity index is 1.22. The van der Waals surface area contributed by atoms with Gasteiger partial charge in [0, 0.05) is 5.56 Å². The summed E-state index contributed by atoms with van der Waals surface area (Å²) in [6.07, 6.45) is 2.70. The van der Waals surface area contributed by atoms with Crippen LogP contribution in [-0.2, 0) is 20.8 Å². The van der Waals surface area contributed by atoms with Crippen LogP contribution < -0.4 is 4.74 Å². The molecule has 1 aliphatic carbocycles. The lowest BCUT2D eigenvalue weighted by Crippen LogP contribution is -2.19. The molecule has 0 spiro atoms. The monoisotopic (exact) mass is 582 g/mol. The number of esters is 1. The van der Waals surface area contributed by atoms with Crippen molar-refractivity contribution >= 4 is 23.2 Å². The van der Waals surface area contributed by atoms with Gasteiger partial charge in [-0.3, -0.25) is 4.57 Å². The van der Waals surface area contributed by atoms with Gasteiger partial charge in [-0.05, 0) is 66.6 Å². The number of tetrazole rings is 1. The van der Waals surface area contributed by atoms with Crippen LogP contribution >= 0.6 is 0 Å². The molecule has 0 amide bonds. The van der Waals surface area contributed by atoms with Crippen LogP contribution in [0.4, 0.5) is 4.79 Å². The Hall–Kier alpha value is -5.26. The third-order valence-electron chi connectivity index (χ3n) is 7.28. The molecule has 1 saturated carbocycles. The Labute approximate surface area is 246 Å². The zero-order valence-electron chi connectivity index (χ0n) is 23.6. The van der Waals surface area contributed by atoms with Gasteiger partial charge in [-0.2, -0.15) is 10.2 Å². The fourth-order valence-electron chi connectivity index (χ4n) is 5.28. The van der Waals surface area contributed by atoms with Crippen molar-refractivity contribution in [1.29, 1.82) is 0 Å². The molecule has 1 fully saturated rings. The number of imidazole rings is 1. The molecular weight excluding hydrogens is 552 g/mol. The number of hydrogen-bond donors (Lipinski definition) is 1. The predicted molar refractivity (Wildman–Crippen MR) is 155 cm³/mol. The zero-order valence-corrected chi connectivity index (χ0v) is 23.6. The van der Waals surface area contributed by atoms with Crippen molar-refractivity contribution in [3.63, 3.8) is 0 Å². The highest BCUT2D eigenvalue weighted by atomic mass is 16.8. The lowest BCUT2D eigenvalue weighted by atomic mass is 9.98. The third kappa shape index (κ3) is 6.17. The van der Waals surface area contributed by atoms with Gasteiger partial charge in [0.05, 0.1) is 29.7 Å². The molecule has 2 aromatic heterocycles. The Morgan fingerprint density at radius 1 is 0.953 bits per heavy atom. The standard InChI is InChI=1S/C31H30N6O6/c1-2-40-30-32-26-13-7-12-25(29(38)41-19-42-31(39)43-22-8-3-4-9-22)27(26)37(30)18-20-14-16-21(17-15-20)23-10-5-6-11-24(23)28-33-35-36-34-28/h5-7,10-17,22H,2-4,8-9,18-19H2,1H3,(H,33,34,35,36). The molecule has 0 aliphatic heterocycles. The van der Waals surface area contributed by atoms with E-state index in [1.807, 2.05) is 60.0 Å². The summed E-state index contributed by atoms with van der Waals surface area (Å²) in [4.78, 5) is 29.7. The molecular formula is C31H30N6O6. The fourth-order valence-corrected chi connectivity index (χ4v) is 5.28. The van der Waals surface area contributed by atoms with Crippen LogP contribution in [0, 0.1) is 0 Å². The zero-order chi connectivity index (χ0) is 29.6. The maximum atomic E-state index is 13.1.